The van der Waals surface area contributed by atoms with Gasteiger partial charge in [0.25, 0.3) is 5.92 Å². The normalized spacial score (nSPS) is 24.5. The van der Waals surface area contributed by atoms with Crippen LogP contribution in [-0.2, 0) is 17.6 Å². The fourth-order valence-corrected chi connectivity index (χ4v) is 5.69. The number of aliphatic hydroxyl groups is 1. The molecule has 1 atom stereocenters. The Labute approximate surface area is 214 Å². The monoisotopic (exact) mass is 566 g/mol. The van der Waals surface area contributed by atoms with Gasteiger partial charge in [0.05, 0.1) is 6.54 Å². The van der Waals surface area contributed by atoms with E-state index in [0.717, 1.165) is 35.3 Å². The van der Waals surface area contributed by atoms with E-state index in [1.807, 2.05) is 0 Å². The second-order valence-electron chi connectivity index (χ2n) is 10.2. The van der Waals surface area contributed by atoms with Gasteiger partial charge < -0.3 is 9.84 Å². The number of hydrogen-bond acceptors (Lipinski definition) is 5. The number of nitrogens with zero attached hydrogens (tertiary/aromatic N) is 4. The third-order valence-corrected chi connectivity index (χ3v) is 7.68. The number of benzene rings is 2. The van der Waals surface area contributed by atoms with Crippen molar-refractivity contribution in [2.75, 3.05) is 6.61 Å². The SMILES string of the molecule is O[C@@](Cn1cnnn1)(c1ccc(F)cc1F)C(F)(F)C12CC(c3ccc(OCC(F)(F)C(F)(F)F)cc3)(C1)C2. The molecule has 1 aromatic heterocycles. The smallest absolute Gasteiger partial charge is 0.456 e. The number of alkyl halides is 7. The summed E-state index contributed by atoms with van der Waals surface area (Å²) < 4.78 is 129. The fraction of sp³-hybridized carbons (Fsp3) is 0.458. The van der Waals surface area contributed by atoms with Crippen LogP contribution < -0.4 is 4.74 Å². The van der Waals surface area contributed by atoms with Gasteiger partial charge in [-0.2, -0.15) is 22.0 Å². The molecule has 6 rings (SSSR count). The van der Waals surface area contributed by atoms with Gasteiger partial charge in [0.2, 0.25) is 0 Å². The molecule has 2 aromatic carbocycles. The number of tetrazole rings is 1. The molecule has 39 heavy (non-hydrogen) atoms. The summed E-state index contributed by atoms with van der Waals surface area (Å²) in [6, 6.07) is 6.96. The Morgan fingerprint density at radius 1 is 0.923 bits per heavy atom. The highest BCUT2D eigenvalue weighted by Crippen LogP contribution is 2.80. The molecular formula is C24H19F9N4O2. The minimum atomic E-state index is -5.78. The first kappa shape index (κ1) is 27.2. The van der Waals surface area contributed by atoms with Gasteiger partial charge in [-0.05, 0) is 64.9 Å². The van der Waals surface area contributed by atoms with E-state index < -0.39 is 64.8 Å². The van der Waals surface area contributed by atoms with E-state index in [2.05, 4.69) is 20.3 Å². The Kier molecular flexibility index (Phi) is 5.98. The average molecular weight is 566 g/mol. The summed E-state index contributed by atoms with van der Waals surface area (Å²) in [4.78, 5) is 0. The maximum atomic E-state index is 16.2. The Morgan fingerprint density at radius 2 is 1.56 bits per heavy atom. The van der Waals surface area contributed by atoms with Crippen LogP contribution in [0.25, 0.3) is 0 Å². The molecule has 3 aliphatic rings. The van der Waals surface area contributed by atoms with Crippen LogP contribution in [-0.4, -0.2) is 49.9 Å². The van der Waals surface area contributed by atoms with E-state index in [0.29, 0.717) is 11.6 Å². The van der Waals surface area contributed by atoms with Crippen molar-refractivity contribution in [2.24, 2.45) is 5.41 Å². The summed E-state index contributed by atoms with van der Waals surface area (Å²) in [7, 11) is 0. The summed E-state index contributed by atoms with van der Waals surface area (Å²) in [6.45, 7) is -2.85. The molecule has 3 fully saturated rings. The number of aromatic nitrogens is 4. The highest BCUT2D eigenvalue weighted by molar-refractivity contribution is 5.44. The van der Waals surface area contributed by atoms with Crippen molar-refractivity contribution < 1.29 is 49.4 Å². The van der Waals surface area contributed by atoms with Crippen molar-refractivity contribution in [2.45, 2.75) is 54.8 Å². The molecule has 1 heterocycles. The zero-order chi connectivity index (χ0) is 28.5. The van der Waals surface area contributed by atoms with Crippen LogP contribution in [0.2, 0.25) is 0 Å². The lowest BCUT2D eigenvalue weighted by atomic mass is 9.30. The molecule has 15 heteroatoms. The topological polar surface area (TPSA) is 73.1 Å². The molecule has 3 aromatic rings. The van der Waals surface area contributed by atoms with Crippen molar-refractivity contribution in [3.8, 4) is 5.75 Å². The van der Waals surface area contributed by atoms with E-state index in [9.17, 15) is 35.8 Å². The molecular weight excluding hydrogens is 547 g/mol. The van der Waals surface area contributed by atoms with Gasteiger partial charge >= 0.3 is 12.1 Å². The van der Waals surface area contributed by atoms with Gasteiger partial charge in [-0.1, -0.05) is 12.1 Å². The molecule has 210 valence electrons. The maximum absolute atomic E-state index is 16.2. The third kappa shape index (κ3) is 4.12. The third-order valence-electron chi connectivity index (χ3n) is 7.68. The highest BCUT2D eigenvalue weighted by Gasteiger charge is 2.82. The summed E-state index contributed by atoms with van der Waals surface area (Å²) in [6.07, 6.45) is -5.23. The Morgan fingerprint density at radius 3 is 2.10 bits per heavy atom. The Hall–Kier alpha value is -3.36. The van der Waals surface area contributed by atoms with Crippen LogP contribution in [0.3, 0.4) is 0 Å². The largest absolute Gasteiger partial charge is 0.487 e. The molecule has 3 aliphatic carbocycles. The molecule has 1 N–H and O–H groups in total. The van der Waals surface area contributed by atoms with Crippen molar-refractivity contribution >= 4 is 0 Å². The number of hydrogen-bond donors (Lipinski definition) is 1. The molecule has 0 unspecified atom stereocenters. The van der Waals surface area contributed by atoms with Crippen molar-refractivity contribution in [3.63, 3.8) is 0 Å². The van der Waals surface area contributed by atoms with Crippen molar-refractivity contribution in [3.05, 3.63) is 71.6 Å². The number of ether oxygens (including phenoxy) is 1. The second kappa shape index (κ2) is 8.57. The van der Waals surface area contributed by atoms with Gasteiger partial charge in [0.15, 0.2) is 12.2 Å². The number of halogens is 9. The molecule has 6 nitrogen and oxygen atoms in total. The standard InChI is InChI=1S/C24H19F9N4O2/c25-15-3-6-17(18(26)7-15)21(38,11-37-13-34-35-36-37)23(29,30)20-8-19(9-20,10-20)14-1-4-16(5-2-14)39-12-22(27,28)24(31,32)33/h1-7,13,38H,8-12H2/t19?,20?,21-/m0/s1. The van der Waals surface area contributed by atoms with Crippen LogP contribution in [0.1, 0.15) is 30.4 Å². The fourth-order valence-electron chi connectivity index (χ4n) is 5.69. The van der Waals surface area contributed by atoms with Gasteiger partial charge in [-0.3, -0.25) is 0 Å². The van der Waals surface area contributed by atoms with E-state index >= 15 is 8.78 Å². The van der Waals surface area contributed by atoms with Crippen molar-refractivity contribution in [1.82, 2.24) is 20.2 Å². The second-order valence-corrected chi connectivity index (χ2v) is 10.2. The van der Waals surface area contributed by atoms with E-state index in [-0.39, 0.29) is 25.0 Å². The van der Waals surface area contributed by atoms with Crippen LogP contribution in [0.15, 0.2) is 48.8 Å². The van der Waals surface area contributed by atoms with Crippen LogP contribution in [0, 0.1) is 17.0 Å². The van der Waals surface area contributed by atoms with Crippen molar-refractivity contribution in [1.29, 1.82) is 0 Å². The molecule has 3 saturated carbocycles. The predicted octanol–water partition coefficient (Wildman–Crippen LogP) is 5.17. The van der Waals surface area contributed by atoms with Gasteiger partial charge in [-0.25, -0.2) is 22.2 Å². The van der Waals surface area contributed by atoms with E-state index in [4.69, 9.17) is 0 Å². The predicted molar refractivity (Wildman–Crippen MR) is 114 cm³/mol. The highest BCUT2D eigenvalue weighted by atomic mass is 19.4. The van der Waals surface area contributed by atoms with Crippen LogP contribution in [0.5, 0.6) is 5.75 Å². The van der Waals surface area contributed by atoms with Crippen LogP contribution in [0.4, 0.5) is 39.5 Å². The molecule has 0 spiro atoms. The van der Waals surface area contributed by atoms with Gasteiger partial charge in [0, 0.05) is 17.0 Å². The van der Waals surface area contributed by atoms with Crippen LogP contribution >= 0.6 is 0 Å². The lowest BCUT2D eigenvalue weighted by Crippen LogP contribution is -2.76. The van der Waals surface area contributed by atoms with Gasteiger partial charge in [-0.15, -0.1) is 5.10 Å². The minimum absolute atomic E-state index is 0.139. The molecule has 2 bridgehead atoms. The average Bonchev–Trinajstić information content (AvgIpc) is 3.28. The Balaban J connectivity index is 1.35. The zero-order valence-corrected chi connectivity index (χ0v) is 19.7. The van der Waals surface area contributed by atoms with E-state index in [1.54, 1.807) is 0 Å². The lowest BCUT2D eigenvalue weighted by Gasteiger charge is -2.74. The Bertz CT molecular complexity index is 1340. The molecule has 0 aliphatic heterocycles. The minimum Gasteiger partial charge on any atom is -0.487 e. The summed E-state index contributed by atoms with van der Waals surface area (Å²) in [5.74, 6) is -11.7. The zero-order valence-electron chi connectivity index (χ0n) is 19.7. The first-order valence-corrected chi connectivity index (χ1v) is 11.5. The summed E-state index contributed by atoms with van der Waals surface area (Å²) in [5.41, 5.74) is -6.00. The van der Waals surface area contributed by atoms with Gasteiger partial charge in [0.1, 0.15) is 23.7 Å². The summed E-state index contributed by atoms with van der Waals surface area (Å²) in [5, 5.41) is 21.5. The molecule has 0 saturated heterocycles. The number of rotatable bonds is 9. The summed E-state index contributed by atoms with van der Waals surface area (Å²) >= 11 is 0. The molecule has 0 amide bonds. The first-order valence-electron chi connectivity index (χ1n) is 11.5. The first-order chi connectivity index (χ1) is 18.0. The lowest BCUT2D eigenvalue weighted by molar-refractivity contribution is -0.347. The quantitative estimate of drug-likeness (QED) is 0.362. The maximum Gasteiger partial charge on any atom is 0.456 e. The van der Waals surface area contributed by atoms with E-state index in [1.165, 1.54) is 12.1 Å². The molecule has 0 radical (unpaired) electrons.